The Morgan fingerprint density at radius 1 is 0.333 bits per heavy atom. The van der Waals surface area contributed by atoms with Crippen molar-refractivity contribution < 1.29 is 24.5 Å². The molecule has 2 atom stereocenters. The lowest BCUT2D eigenvalue weighted by Crippen LogP contribution is -2.45. The van der Waals surface area contributed by atoms with E-state index in [1.54, 1.807) is 6.08 Å². The van der Waals surface area contributed by atoms with E-state index in [4.69, 9.17) is 4.74 Å². The molecule has 0 aliphatic carbocycles. The highest BCUT2D eigenvalue weighted by atomic mass is 16.5. The van der Waals surface area contributed by atoms with E-state index in [2.05, 4.69) is 55.6 Å². The molecule has 0 aliphatic heterocycles. The second kappa shape index (κ2) is 73.3. The number of ether oxygens (including phenoxy) is 1. The van der Waals surface area contributed by atoms with E-state index in [9.17, 15) is 19.8 Å². The van der Waals surface area contributed by atoms with Gasteiger partial charge in [-0.1, -0.05) is 364 Å². The van der Waals surface area contributed by atoms with Crippen LogP contribution in [0.2, 0.25) is 0 Å². The highest BCUT2D eigenvalue weighted by molar-refractivity contribution is 5.76. The number of hydrogen-bond acceptors (Lipinski definition) is 5. The summed E-state index contributed by atoms with van der Waals surface area (Å²) < 4.78 is 5.48. The van der Waals surface area contributed by atoms with Crippen LogP contribution in [-0.2, 0) is 14.3 Å². The number of hydrogen-bond donors (Lipinski definition) is 3. The lowest BCUT2D eigenvalue weighted by molar-refractivity contribution is -0.143. The quantitative estimate of drug-likeness (QED) is 0.0320. The Bertz CT molecular complexity index is 1400. The SMILES string of the molecule is CCCC/C=C\C/C=C\CCCCCCCC(=O)OCCCCCCCCCCCCCC/C=C\CCCCCCCCCCCCCCCCCC(=O)NC(CO)C(O)/C=C/CCCCCCCCCCCCCCCCCCCCCC. The highest BCUT2D eigenvalue weighted by Gasteiger charge is 2.18. The molecule has 2 unspecified atom stereocenters. The first kappa shape index (κ1) is 81.8. The van der Waals surface area contributed by atoms with Crippen molar-refractivity contribution in [3.8, 4) is 0 Å². The van der Waals surface area contributed by atoms with E-state index < -0.39 is 12.1 Å². The second-order valence-corrected chi connectivity index (χ2v) is 26.0. The van der Waals surface area contributed by atoms with Crippen LogP contribution in [0.5, 0.6) is 0 Å². The number of esters is 1. The van der Waals surface area contributed by atoms with Crippen molar-refractivity contribution >= 4 is 11.9 Å². The minimum atomic E-state index is -0.845. The molecule has 494 valence electrons. The van der Waals surface area contributed by atoms with Crippen LogP contribution in [0.3, 0.4) is 0 Å². The van der Waals surface area contributed by atoms with Crippen molar-refractivity contribution in [2.75, 3.05) is 13.2 Å². The molecule has 0 radical (unpaired) electrons. The second-order valence-electron chi connectivity index (χ2n) is 26.0. The van der Waals surface area contributed by atoms with Gasteiger partial charge in [0.2, 0.25) is 5.91 Å². The normalized spacial score (nSPS) is 12.8. The molecule has 0 aromatic heterocycles. The Hall–Kier alpha value is -2.18. The van der Waals surface area contributed by atoms with E-state index in [1.165, 1.54) is 334 Å². The molecule has 0 bridgehead atoms. The molecule has 0 saturated carbocycles. The number of aliphatic hydroxyl groups excluding tert-OH is 2. The third-order valence-corrected chi connectivity index (χ3v) is 17.6. The molecule has 0 fully saturated rings. The summed E-state index contributed by atoms with van der Waals surface area (Å²) >= 11 is 0. The van der Waals surface area contributed by atoms with Crippen LogP contribution in [0, 0.1) is 0 Å². The molecule has 6 heteroatoms. The number of aliphatic hydroxyl groups is 2. The van der Waals surface area contributed by atoms with Gasteiger partial charge in [-0.05, 0) is 83.5 Å². The van der Waals surface area contributed by atoms with Gasteiger partial charge in [0.15, 0.2) is 0 Å². The highest BCUT2D eigenvalue weighted by Crippen LogP contribution is 2.19. The fourth-order valence-corrected chi connectivity index (χ4v) is 11.8. The summed E-state index contributed by atoms with van der Waals surface area (Å²) in [5.74, 6) is -0.0590. The Labute approximate surface area is 525 Å². The predicted octanol–water partition coefficient (Wildman–Crippen LogP) is 24.8. The van der Waals surface area contributed by atoms with Gasteiger partial charge in [0.1, 0.15) is 0 Å². The average molecular weight is 1180 g/mol. The van der Waals surface area contributed by atoms with Crippen LogP contribution < -0.4 is 5.32 Å². The molecule has 6 nitrogen and oxygen atoms in total. The summed E-state index contributed by atoms with van der Waals surface area (Å²) in [7, 11) is 0. The monoisotopic (exact) mass is 1180 g/mol. The zero-order valence-corrected chi connectivity index (χ0v) is 56.6. The third kappa shape index (κ3) is 68.9. The average Bonchev–Trinajstić information content (AvgIpc) is 3.51. The summed E-state index contributed by atoms with van der Waals surface area (Å²) in [4.78, 5) is 24.6. The molecule has 0 rings (SSSR count). The lowest BCUT2D eigenvalue weighted by atomic mass is 10.0. The molecule has 1 amide bonds. The van der Waals surface area contributed by atoms with Crippen LogP contribution >= 0.6 is 0 Å². The van der Waals surface area contributed by atoms with Crippen molar-refractivity contribution in [3.63, 3.8) is 0 Å². The fraction of sp³-hybridized carbons (Fsp3) is 0.872. The maximum absolute atomic E-state index is 12.5. The van der Waals surface area contributed by atoms with E-state index in [0.29, 0.717) is 19.4 Å². The first-order valence-corrected chi connectivity index (χ1v) is 37.9. The molecular weight excluding hydrogens is 1030 g/mol. The van der Waals surface area contributed by atoms with Crippen LogP contribution in [0.4, 0.5) is 0 Å². The Balaban J connectivity index is 3.39. The number of amides is 1. The first-order chi connectivity index (χ1) is 41.5. The Kier molecular flexibility index (Phi) is 71.4. The van der Waals surface area contributed by atoms with Crippen molar-refractivity contribution in [3.05, 3.63) is 48.6 Å². The topological polar surface area (TPSA) is 95.9 Å². The predicted molar refractivity (Wildman–Crippen MR) is 370 cm³/mol. The molecule has 0 saturated heterocycles. The maximum atomic E-state index is 12.5. The van der Waals surface area contributed by atoms with E-state index in [-0.39, 0.29) is 18.5 Å². The Morgan fingerprint density at radius 3 is 0.952 bits per heavy atom. The largest absolute Gasteiger partial charge is 0.466 e. The van der Waals surface area contributed by atoms with Gasteiger partial charge in [-0.25, -0.2) is 0 Å². The number of carbonyl (C=O) groups excluding carboxylic acids is 2. The molecule has 0 aromatic carbocycles. The van der Waals surface area contributed by atoms with E-state index >= 15 is 0 Å². The van der Waals surface area contributed by atoms with Gasteiger partial charge in [-0.3, -0.25) is 9.59 Å². The van der Waals surface area contributed by atoms with Crippen molar-refractivity contribution in [1.29, 1.82) is 0 Å². The molecule has 0 spiro atoms. The summed E-state index contributed by atoms with van der Waals surface area (Å²) in [5.41, 5.74) is 0. The van der Waals surface area contributed by atoms with Gasteiger partial charge in [-0.15, -0.1) is 0 Å². The number of unbranched alkanes of at least 4 members (excludes halogenated alkanes) is 54. The lowest BCUT2D eigenvalue weighted by Gasteiger charge is -2.20. The van der Waals surface area contributed by atoms with Gasteiger partial charge in [0, 0.05) is 12.8 Å². The van der Waals surface area contributed by atoms with Crippen LogP contribution in [0.15, 0.2) is 48.6 Å². The number of allylic oxidation sites excluding steroid dienone is 7. The van der Waals surface area contributed by atoms with Crippen LogP contribution in [-0.4, -0.2) is 47.4 Å². The van der Waals surface area contributed by atoms with Gasteiger partial charge in [0.05, 0.1) is 25.4 Å². The van der Waals surface area contributed by atoms with Crippen molar-refractivity contribution in [2.45, 2.75) is 424 Å². The summed E-state index contributed by atoms with van der Waals surface area (Å²) in [6.45, 7) is 4.89. The molecule has 84 heavy (non-hydrogen) atoms. The van der Waals surface area contributed by atoms with Crippen molar-refractivity contribution in [1.82, 2.24) is 5.32 Å². The zero-order valence-electron chi connectivity index (χ0n) is 56.6. The minimum Gasteiger partial charge on any atom is -0.466 e. The molecule has 3 N–H and O–H groups in total. The number of rotatable bonds is 71. The van der Waals surface area contributed by atoms with Crippen LogP contribution in [0.1, 0.15) is 412 Å². The molecule has 0 aliphatic rings. The first-order valence-electron chi connectivity index (χ1n) is 37.9. The molecular formula is C78H147NO5. The number of nitrogens with one attached hydrogen (secondary N) is 1. The summed E-state index contributed by atoms with van der Waals surface area (Å²) in [6, 6.07) is -0.628. The van der Waals surface area contributed by atoms with E-state index in [1.807, 2.05) is 6.08 Å². The standard InChI is InChI=1S/C78H147NO5/c1-3-5-7-9-11-13-15-17-19-20-21-22-34-37-40-43-46-50-54-58-62-66-70-76(81)75(74-80)79-77(82)71-67-63-59-55-51-47-44-41-38-35-32-30-28-26-24-23-25-27-29-31-33-36-39-42-45-49-53-57-61-65-69-73-84-78(83)72-68-64-60-56-52-48-18-16-14-12-10-8-6-4-2/h10,12,16,18,25,27,66,70,75-76,80-81H,3-9,11,13-15,17,19-24,26,28-65,67-69,71-74H2,1-2H3,(H,79,82)/b12-10-,18-16-,27-25-,70-66+. The van der Waals surface area contributed by atoms with Gasteiger partial charge >= 0.3 is 5.97 Å². The molecule has 0 heterocycles. The summed E-state index contributed by atoms with van der Waals surface area (Å²) in [6.07, 6.45) is 96.4. The minimum absolute atomic E-state index is 0.00299. The molecule has 0 aromatic rings. The van der Waals surface area contributed by atoms with E-state index in [0.717, 1.165) is 51.4 Å². The maximum Gasteiger partial charge on any atom is 0.305 e. The number of carbonyl (C=O) groups is 2. The van der Waals surface area contributed by atoms with Crippen LogP contribution in [0.25, 0.3) is 0 Å². The smallest absolute Gasteiger partial charge is 0.305 e. The van der Waals surface area contributed by atoms with Crippen molar-refractivity contribution in [2.24, 2.45) is 0 Å². The van der Waals surface area contributed by atoms with Gasteiger partial charge in [-0.2, -0.15) is 0 Å². The van der Waals surface area contributed by atoms with Gasteiger partial charge < -0.3 is 20.3 Å². The van der Waals surface area contributed by atoms with Gasteiger partial charge in [0.25, 0.3) is 0 Å². The summed E-state index contributed by atoms with van der Waals surface area (Å²) in [5, 5.41) is 23.3. The third-order valence-electron chi connectivity index (χ3n) is 17.6. The Morgan fingerprint density at radius 2 is 0.607 bits per heavy atom. The zero-order chi connectivity index (χ0) is 60.6. The fourth-order valence-electron chi connectivity index (χ4n) is 11.8.